The van der Waals surface area contributed by atoms with Crippen molar-refractivity contribution in [3.05, 3.63) is 29.8 Å². The summed E-state index contributed by atoms with van der Waals surface area (Å²) in [4.78, 5) is 21.3. The Morgan fingerprint density at radius 1 is 1.29 bits per heavy atom. The molecule has 0 spiro atoms. The highest BCUT2D eigenvalue weighted by atomic mass is 16.5. The molecule has 0 aromatic heterocycles. The number of aliphatic carboxylic acids is 1. The van der Waals surface area contributed by atoms with Crippen LogP contribution in [0.25, 0.3) is 6.08 Å². The van der Waals surface area contributed by atoms with E-state index in [9.17, 15) is 9.59 Å². The van der Waals surface area contributed by atoms with Gasteiger partial charge in [-0.1, -0.05) is 6.92 Å². The fraction of sp³-hybridized carbons (Fsp3) is 0.333. The number of nitrogens with two attached hydrogens (primary N) is 1. The molecule has 1 aromatic carbocycles. The third-order valence-electron chi connectivity index (χ3n) is 2.47. The fourth-order valence-corrected chi connectivity index (χ4v) is 1.51. The molecule has 0 bridgehead atoms. The van der Waals surface area contributed by atoms with Crippen molar-refractivity contribution in [2.24, 2.45) is 5.73 Å². The smallest absolute Gasteiger partial charge is 0.328 e. The van der Waals surface area contributed by atoms with Gasteiger partial charge in [-0.05, 0) is 24.6 Å². The maximum absolute atomic E-state index is 10.7. The van der Waals surface area contributed by atoms with E-state index in [-0.39, 0.29) is 13.0 Å². The lowest BCUT2D eigenvalue weighted by molar-refractivity contribution is -0.131. The second kappa shape index (κ2) is 8.63. The zero-order valence-electron chi connectivity index (χ0n) is 11.9. The Kier molecular flexibility index (Phi) is 6.80. The molecule has 0 unspecified atom stereocenters. The summed E-state index contributed by atoms with van der Waals surface area (Å²) < 4.78 is 11.0. The van der Waals surface area contributed by atoms with Crippen molar-refractivity contribution in [1.82, 2.24) is 0 Å². The monoisotopic (exact) mass is 293 g/mol. The van der Waals surface area contributed by atoms with E-state index in [1.165, 1.54) is 6.08 Å². The summed E-state index contributed by atoms with van der Waals surface area (Å²) in [6, 6.07) is 5.10. The second-order valence-electron chi connectivity index (χ2n) is 4.28. The summed E-state index contributed by atoms with van der Waals surface area (Å²) in [5, 5.41) is 8.67. The molecule has 0 saturated heterocycles. The first-order valence-corrected chi connectivity index (χ1v) is 6.62. The normalized spacial score (nSPS) is 10.5. The number of rotatable bonds is 9. The Labute approximate surface area is 123 Å². The summed E-state index contributed by atoms with van der Waals surface area (Å²) in [5.74, 6) is -0.443. The largest absolute Gasteiger partial charge is 0.493 e. The summed E-state index contributed by atoms with van der Waals surface area (Å²) in [6.07, 6.45) is 3.40. The molecule has 6 nitrogen and oxygen atoms in total. The standard InChI is InChI=1S/C15H19NO5/c1-2-8-20-12-5-3-11(4-6-15(18)19)13(10-12)21-9-7-14(16)17/h3-6,10H,2,7-9H2,1H3,(H2,16,17)(H,18,19)/b6-4+. The van der Waals surface area contributed by atoms with Crippen LogP contribution in [-0.4, -0.2) is 30.2 Å². The zero-order valence-corrected chi connectivity index (χ0v) is 11.9. The molecule has 0 aliphatic carbocycles. The molecule has 6 heteroatoms. The van der Waals surface area contributed by atoms with E-state index in [1.807, 2.05) is 6.92 Å². The van der Waals surface area contributed by atoms with E-state index in [0.717, 1.165) is 12.5 Å². The Morgan fingerprint density at radius 3 is 2.67 bits per heavy atom. The van der Waals surface area contributed by atoms with Crippen LogP contribution in [0, 0.1) is 0 Å². The third kappa shape index (κ3) is 6.47. The van der Waals surface area contributed by atoms with Gasteiger partial charge in [0, 0.05) is 17.7 Å². The van der Waals surface area contributed by atoms with Gasteiger partial charge in [0.05, 0.1) is 19.6 Å². The second-order valence-corrected chi connectivity index (χ2v) is 4.28. The fourth-order valence-electron chi connectivity index (χ4n) is 1.51. The molecule has 0 aliphatic rings. The number of benzene rings is 1. The molecule has 0 saturated carbocycles. The Bertz CT molecular complexity index is 525. The van der Waals surface area contributed by atoms with Gasteiger partial charge in [-0.3, -0.25) is 4.79 Å². The first-order chi connectivity index (χ1) is 10.0. The number of amides is 1. The average Bonchev–Trinajstić information content (AvgIpc) is 2.43. The van der Waals surface area contributed by atoms with Gasteiger partial charge in [0.2, 0.25) is 5.91 Å². The molecule has 114 valence electrons. The number of carbonyl (C=O) groups is 2. The minimum atomic E-state index is -1.05. The maximum atomic E-state index is 10.7. The van der Waals surface area contributed by atoms with Gasteiger partial charge < -0.3 is 20.3 Å². The molecule has 0 radical (unpaired) electrons. The van der Waals surface area contributed by atoms with Crippen molar-refractivity contribution in [3.8, 4) is 11.5 Å². The van der Waals surface area contributed by atoms with E-state index >= 15 is 0 Å². The number of hydrogen-bond acceptors (Lipinski definition) is 4. The van der Waals surface area contributed by atoms with Crippen LogP contribution in [0.1, 0.15) is 25.3 Å². The minimum absolute atomic E-state index is 0.0854. The number of carboxylic acid groups (broad SMARTS) is 1. The number of hydrogen-bond donors (Lipinski definition) is 2. The summed E-state index contributed by atoms with van der Waals surface area (Å²) in [6.45, 7) is 2.69. The van der Waals surface area contributed by atoms with E-state index in [0.29, 0.717) is 23.7 Å². The minimum Gasteiger partial charge on any atom is -0.493 e. The van der Waals surface area contributed by atoms with Crippen LogP contribution < -0.4 is 15.2 Å². The number of ether oxygens (including phenoxy) is 2. The van der Waals surface area contributed by atoms with Crippen molar-refractivity contribution in [2.75, 3.05) is 13.2 Å². The molecule has 0 aliphatic heterocycles. The highest BCUT2D eigenvalue weighted by molar-refractivity contribution is 5.86. The Balaban J connectivity index is 2.88. The number of primary amides is 1. The molecule has 1 rings (SSSR count). The summed E-state index contributed by atoms with van der Waals surface area (Å²) >= 11 is 0. The van der Waals surface area contributed by atoms with Crippen LogP contribution in [0.2, 0.25) is 0 Å². The molecule has 1 aromatic rings. The van der Waals surface area contributed by atoms with Crippen LogP contribution >= 0.6 is 0 Å². The predicted octanol–water partition coefficient (Wildman–Crippen LogP) is 1.83. The van der Waals surface area contributed by atoms with Crippen LogP contribution in [0.4, 0.5) is 0 Å². The molecule has 3 N–H and O–H groups in total. The SMILES string of the molecule is CCCOc1ccc(/C=C/C(=O)O)c(OCCC(N)=O)c1. The average molecular weight is 293 g/mol. The molecule has 0 heterocycles. The molecular weight excluding hydrogens is 274 g/mol. The van der Waals surface area contributed by atoms with Crippen molar-refractivity contribution in [2.45, 2.75) is 19.8 Å². The topological polar surface area (TPSA) is 98.8 Å². The predicted molar refractivity (Wildman–Crippen MR) is 78.2 cm³/mol. The molecule has 21 heavy (non-hydrogen) atoms. The van der Waals surface area contributed by atoms with Gasteiger partial charge in [-0.25, -0.2) is 4.79 Å². The van der Waals surface area contributed by atoms with Gasteiger partial charge in [0.1, 0.15) is 11.5 Å². The number of carboxylic acids is 1. The van der Waals surface area contributed by atoms with E-state index < -0.39 is 11.9 Å². The van der Waals surface area contributed by atoms with E-state index in [1.54, 1.807) is 18.2 Å². The van der Waals surface area contributed by atoms with Gasteiger partial charge in [0.25, 0.3) is 0 Å². The maximum Gasteiger partial charge on any atom is 0.328 e. The lowest BCUT2D eigenvalue weighted by atomic mass is 10.1. The quantitative estimate of drug-likeness (QED) is 0.677. The Morgan fingerprint density at radius 2 is 2.05 bits per heavy atom. The van der Waals surface area contributed by atoms with Gasteiger partial charge in [-0.2, -0.15) is 0 Å². The van der Waals surface area contributed by atoms with Crippen LogP contribution in [-0.2, 0) is 9.59 Å². The Hall–Kier alpha value is -2.50. The van der Waals surface area contributed by atoms with Crippen molar-refractivity contribution < 1.29 is 24.2 Å². The lowest BCUT2D eigenvalue weighted by Crippen LogP contribution is -2.14. The zero-order chi connectivity index (χ0) is 15.7. The van der Waals surface area contributed by atoms with Crippen LogP contribution in [0.3, 0.4) is 0 Å². The van der Waals surface area contributed by atoms with E-state index in [2.05, 4.69) is 0 Å². The molecule has 1 amide bonds. The van der Waals surface area contributed by atoms with E-state index in [4.69, 9.17) is 20.3 Å². The van der Waals surface area contributed by atoms with Gasteiger partial charge in [0.15, 0.2) is 0 Å². The first kappa shape index (κ1) is 16.6. The lowest BCUT2D eigenvalue weighted by Gasteiger charge is -2.11. The molecule has 0 fully saturated rings. The number of carbonyl (C=O) groups excluding carboxylic acids is 1. The van der Waals surface area contributed by atoms with Crippen LogP contribution in [0.15, 0.2) is 24.3 Å². The molecular formula is C15H19NO5. The summed E-state index contributed by atoms with van der Waals surface area (Å²) in [5.41, 5.74) is 5.64. The first-order valence-electron chi connectivity index (χ1n) is 6.62. The van der Waals surface area contributed by atoms with Gasteiger partial charge >= 0.3 is 5.97 Å². The van der Waals surface area contributed by atoms with Crippen molar-refractivity contribution in [1.29, 1.82) is 0 Å². The molecule has 0 atom stereocenters. The highest BCUT2D eigenvalue weighted by Gasteiger charge is 2.06. The summed E-state index contributed by atoms with van der Waals surface area (Å²) in [7, 11) is 0. The van der Waals surface area contributed by atoms with Crippen molar-refractivity contribution >= 4 is 18.0 Å². The van der Waals surface area contributed by atoms with Gasteiger partial charge in [-0.15, -0.1) is 0 Å². The highest BCUT2D eigenvalue weighted by Crippen LogP contribution is 2.26. The third-order valence-corrected chi connectivity index (χ3v) is 2.47. The van der Waals surface area contributed by atoms with Crippen LogP contribution in [0.5, 0.6) is 11.5 Å². The van der Waals surface area contributed by atoms with Crippen molar-refractivity contribution in [3.63, 3.8) is 0 Å².